The highest BCUT2D eigenvalue weighted by Crippen LogP contribution is 2.22. The van der Waals surface area contributed by atoms with E-state index in [1.165, 1.54) is 0 Å². The summed E-state index contributed by atoms with van der Waals surface area (Å²) in [4.78, 5) is 65.8. The average Bonchev–Trinajstić information content (AvgIpc) is 3.29. The van der Waals surface area contributed by atoms with E-state index in [1.807, 2.05) is 0 Å². The number of aromatic nitrogens is 4. The standard InChI is InChI=1S/C44H48N4O12/c1-3-37(49)55-23-11-7-5-9-21-53-35-27-45-39(46-28-35)31-13-17-33(18-14-31)41(51)59-43-44(58-26-25-57-43)60-42(52)34-19-15-32(16-20-34)40-47-29-36(30-48-40)54-22-10-6-8-12-24-56-38(50)4-2/h3-4,13-20,27-30,43-44H,1-2,5-12,21-26H2. The highest BCUT2D eigenvalue weighted by Gasteiger charge is 2.34. The number of nitrogens with zero attached hydrogens (tertiary/aromatic N) is 4. The van der Waals surface area contributed by atoms with E-state index in [9.17, 15) is 19.2 Å². The van der Waals surface area contributed by atoms with Crippen LogP contribution in [0, 0.1) is 0 Å². The Morgan fingerprint density at radius 3 is 1.23 bits per heavy atom. The van der Waals surface area contributed by atoms with Gasteiger partial charge >= 0.3 is 23.9 Å². The maximum Gasteiger partial charge on any atom is 0.340 e. The molecule has 1 aliphatic heterocycles. The van der Waals surface area contributed by atoms with Gasteiger partial charge in [0.2, 0.25) is 0 Å². The predicted molar refractivity (Wildman–Crippen MR) is 215 cm³/mol. The Morgan fingerprint density at radius 2 is 0.883 bits per heavy atom. The highest BCUT2D eigenvalue weighted by molar-refractivity contribution is 5.91. The van der Waals surface area contributed by atoms with E-state index in [0.717, 1.165) is 63.5 Å². The molecule has 2 aromatic heterocycles. The van der Waals surface area contributed by atoms with Crippen molar-refractivity contribution in [3.8, 4) is 34.3 Å². The van der Waals surface area contributed by atoms with Gasteiger partial charge in [0.25, 0.3) is 12.6 Å². The molecule has 0 spiro atoms. The summed E-state index contributed by atoms with van der Waals surface area (Å²) in [6.07, 6.45) is 12.9. The molecule has 2 unspecified atom stereocenters. The Labute approximate surface area is 347 Å². The van der Waals surface area contributed by atoms with E-state index in [4.69, 9.17) is 37.9 Å². The molecule has 0 radical (unpaired) electrons. The molecule has 3 heterocycles. The van der Waals surface area contributed by atoms with Crippen LogP contribution in [0.4, 0.5) is 0 Å². The molecule has 0 aliphatic carbocycles. The van der Waals surface area contributed by atoms with Crippen molar-refractivity contribution >= 4 is 23.9 Å². The van der Waals surface area contributed by atoms with Gasteiger partial charge in [0.15, 0.2) is 23.1 Å². The average molecular weight is 825 g/mol. The van der Waals surface area contributed by atoms with Crippen molar-refractivity contribution < 1.29 is 57.1 Å². The smallest absolute Gasteiger partial charge is 0.340 e. The van der Waals surface area contributed by atoms with Crippen LogP contribution in [0.1, 0.15) is 72.1 Å². The van der Waals surface area contributed by atoms with Crippen molar-refractivity contribution in [1.29, 1.82) is 0 Å². The molecule has 16 heteroatoms. The summed E-state index contributed by atoms with van der Waals surface area (Å²) < 4.78 is 43.7. The molecule has 316 valence electrons. The number of hydrogen-bond acceptors (Lipinski definition) is 16. The predicted octanol–water partition coefficient (Wildman–Crippen LogP) is 6.65. The molecule has 0 bridgehead atoms. The lowest BCUT2D eigenvalue weighted by Gasteiger charge is -2.30. The minimum Gasteiger partial charge on any atom is -0.490 e. The normalized spacial score (nSPS) is 14.6. The van der Waals surface area contributed by atoms with Gasteiger partial charge in [-0.2, -0.15) is 0 Å². The van der Waals surface area contributed by atoms with Crippen LogP contribution in [-0.2, 0) is 38.0 Å². The van der Waals surface area contributed by atoms with Gasteiger partial charge in [0.1, 0.15) is 0 Å². The first-order valence-electron chi connectivity index (χ1n) is 19.7. The van der Waals surface area contributed by atoms with E-state index in [0.29, 0.717) is 60.7 Å². The highest BCUT2D eigenvalue weighted by atomic mass is 16.8. The number of rotatable bonds is 24. The van der Waals surface area contributed by atoms with Crippen molar-refractivity contribution in [2.24, 2.45) is 0 Å². The molecular weight excluding hydrogens is 776 g/mol. The molecule has 0 saturated carbocycles. The van der Waals surface area contributed by atoms with Crippen LogP contribution < -0.4 is 9.47 Å². The van der Waals surface area contributed by atoms with Crippen LogP contribution in [0.2, 0.25) is 0 Å². The van der Waals surface area contributed by atoms with Gasteiger partial charge in [-0.25, -0.2) is 39.1 Å². The van der Waals surface area contributed by atoms with Gasteiger partial charge < -0.3 is 37.9 Å². The van der Waals surface area contributed by atoms with Gasteiger partial charge in [-0.3, -0.25) is 0 Å². The second-order valence-electron chi connectivity index (χ2n) is 13.2. The van der Waals surface area contributed by atoms with E-state index in [2.05, 4.69) is 33.1 Å². The Kier molecular flexibility index (Phi) is 18.1. The number of benzene rings is 2. The zero-order valence-corrected chi connectivity index (χ0v) is 33.2. The van der Waals surface area contributed by atoms with Gasteiger partial charge in [-0.05, 0) is 75.6 Å². The quantitative estimate of drug-likeness (QED) is 0.0315. The Balaban J connectivity index is 1.02. The zero-order chi connectivity index (χ0) is 42.4. The summed E-state index contributed by atoms with van der Waals surface area (Å²) in [5.41, 5.74) is 1.80. The molecule has 60 heavy (non-hydrogen) atoms. The van der Waals surface area contributed by atoms with Gasteiger partial charge in [0.05, 0.1) is 75.6 Å². The van der Waals surface area contributed by atoms with Crippen molar-refractivity contribution in [1.82, 2.24) is 19.9 Å². The van der Waals surface area contributed by atoms with Gasteiger partial charge in [-0.1, -0.05) is 37.4 Å². The monoisotopic (exact) mass is 824 g/mol. The topological polar surface area (TPSA) is 194 Å². The molecule has 2 atom stereocenters. The summed E-state index contributed by atoms with van der Waals surface area (Å²) in [5.74, 6) is -0.286. The molecule has 0 amide bonds. The third-order valence-electron chi connectivity index (χ3n) is 8.77. The number of carbonyl (C=O) groups excluding carboxylic acids is 4. The second-order valence-corrected chi connectivity index (χ2v) is 13.2. The molecule has 4 aromatic rings. The third kappa shape index (κ3) is 14.7. The fourth-order valence-corrected chi connectivity index (χ4v) is 5.56. The van der Waals surface area contributed by atoms with E-state index >= 15 is 0 Å². The van der Waals surface area contributed by atoms with Crippen LogP contribution >= 0.6 is 0 Å². The number of hydrogen-bond donors (Lipinski definition) is 0. The van der Waals surface area contributed by atoms with Crippen molar-refractivity contribution in [2.75, 3.05) is 39.6 Å². The molecule has 5 rings (SSSR count). The maximum atomic E-state index is 13.1. The molecule has 1 saturated heterocycles. The summed E-state index contributed by atoms with van der Waals surface area (Å²) >= 11 is 0. The molecule has 1 aliphatic rings. The summed E-state index contributed by atoms with van der Waals surface area (Å²) in [5, 5.41) is 0. The Bertz CT molecular complexity index is 1850. The molecule has 0 N–H and O–H groups in total. The third-order valence-corrected chi connectivity index (χ3v) is 8.77. The minimum absolute atomic E-state index is 0.131. The first-order valence-corrected chi connectivity index (χ1v) is 19.7. The Morgan fingerprint density at radius 1 is 0.533 bits per heavy atom. The Hall–Kier alpha value is -6.52. The van der Waals surface area contributed by atoms with Crippen LogP contribution in [0.5, 0.6) is 11.5 Å². The molecule has 2 aromatic carbocycles. The lowest BCUT2D eigenvalue weighted by molar-refractivity contribution is -0.288. The van der Waals surface area contributed by atoms with Crippen LogP contribution in [0.3, 0.4) is 0 Å². The maximum absolute atomic E-state index is 13.1. The second kappa shape index (κ2) is 24.4. The number of esters is 4. The van der Waals surface area contributed by atoms with E-state index in [1.54, 1.807) is 73.3 Å². The molecule has 16 nitrogen and oxygen atoms in total. The van der Waals surface area contributed by atoms with E-state index < -0.39 is 36.5 Å². The molecule has 1 fully saturated rings. The van der Waals surface area contributed by atoms with Crippen molar-refractivity contribution in [2.45, 2.75) is 63.9 Å². The lowest BCUT2D eigenvalue weighted by Crippen LogP contribution is -2.44. The van der Waals surface area contributed by atoms with Crippen molar-refractivity contribution in [3.05, 3.63) is 110 Å². The first kappa shape index (κ1) is 44.6. The van der Waals surface area contributed by atoms with E-state index in [-0.39, 0.29) is 24.3 Å². The number of unbranched alkanes of at least 4 members (excludes halogenated alkanes) is 6. The van der Waals surface area contributed by atoms with Gasteiger partial charge in [0, 0.05) is 23.3 Å². The SMILES string of the molecule is C=CC(=O)OCCCCCCOc1cnc(-c2ccc(C(=O)OC3OCCOC3OC(=O)c3ccc(-c4ncc(OCCCCCCOC(=O)C=C)cn4)cc3)cc2)nc1. The summed E-state index contributed by atoms with van der Waals surface area (Å²) in [6, 6.07) is 13.0. The fourth-order valence-electron chi connectivity index (χ4n) is 5.56. The fraction of sp³-hybridized carbons (Fsp3) is 0.364. The molecular formula is C44H48N4O12. The van der Waals surface area contributed by atoms with Gasteiger partial charge in [-0.15, -0.1) is 0 Å². The lowest BCUT2D eigenvalue weighted by atomic mass is 10.1. The number of ether oxygens (including phenoxy) is 8. The summed E-state index contributed by atoms with van der Waals surface area (Å²) in [7, 11) is 0. The van der Waals surface area contributed by atoms with Crippen LogP contribution in [0.25, 0.3) is 22.8 Å². The largest absolute Gasteiger partial charge is 0.490 e. The van der Waals surface area contributed by atoms with Crippen molar-refractivity contribution in [3.63, 3.8) is 0 Å². The van der Waals surface area contributed by atoms with Crippen LogP contribution in [-0.4, -0.2) is 96.0 Å². The zero-order valence-electron chi connectivity index (χ0n) is 33.2. The number of carbonyl (C=O) groups is 4. The van der Waals surface area contributed by atoms with Crippen LogP contribution in [0.15, 0.2) is 98.6 Å². The first-order chi connectivity index (χ1) is 29.3. The summed E-state index contributed by atoms with van der Waals surface area (Å²) in [6.45, 7) is 8.75. The minimum atomic E-state index is -1.30.